The minimum absolute atomic E-state index is 0.565. The number of fused-ring (bicyclic) bond motifs is 5. The predicted molar refractivity (Wildman–Crippen MR) is 89.9 cm³/mol. The van der Waals surface area contributed by atoms with Crippen LogP contribution in [0.1, 0.15) is 68.6 Å². The molecule has 0 amide bonds. The summed E-state index contributed by atoms with van der Waals surface area (Å²) in [4.78, 5) is 0. The summed E-state index contributed by atoms with van der Waals surface area (Å²) in [6, 6.07) is 6.38. The van der Waals surface area contributed by atoms with E-state index in [4.69, 9.17) is 11.6 Å². The molecule has 2 heteroatoms. The summed E-state index contributed by atoms with van der Waals surface area (Å²) in [5.74, 6) is 3.28. The molecule has 5 atom stereocenters. The maximum absolute atomic E-state index is 9.20. The summed E-state index contributed by atoms with van der Waals surface area (Å²) in [6.45, 7) is 5.01. The van der Waals surface area contributed by atoms with Gasteiger partial charge in [-0.05, 0) is 84.8 Å². The third-order valence-corrected chi connectivity index (χ3v) is 7.87. The molecule has 22 heavy (non-hydrogen) atoms. The van der Waals surface area contributed by atoms with E-state index in [1.165, 1.54) is 43.2 Å². The second-order valence-electron chi connectivity index (χ2n) is 8.05. The molecule has 3 aliphatic carbocycles. The Bertz CT molecular complexity index is 658. The summed E-state index contributed by atoms with van der Waals surface area (Å²) in [7, 11) is 0. The number of benzene rings is 1. The Balaban J connectivity index is 1.74. The standard InChI is InChI=1S/C20H24ClN/c1-12-3-8-18-16-6-7-17-14(5-4-13(11-22)19(17)21)15(16)9-10-20(12,18)2/h4-5,12,15-16,18H,3,6-10H2,1-2H3/t12-,15?,16?,18?,20+/m0/s1. The Morgan fingerprint density at radius 2 is 2.05 bits per heavy atom. The molecule has 3 unspecified atom stereocenters. The van der Waals surface area contributed by atoms with E-state index in [2.05, 4.69) is 26.0 Å². The Labute approximate surface area is 138 Å². The van der Waals surface area contributed by atoms with E-state index in [9.17, 15) is 5.26 Å². The average molecular weight is 314 g/mol. The molecule has 116 valence electrons. The molecule has 0 aliphatic heterocycles. The molecule has 0 heterocycles. The lowest BCUT2D eigenvalue weighted by Crippen LogP contribution is -2.41. The Morgan fingerprint density at radius 1 is 1.23 bits per heavy atom. The second kappa shape index (κ2) is 5.00. The van der Waals surface area contributed by atoms with Gasteiger partial charge in [0, 0.05) is 0 Å². The molecular weight excluding hydrogens is 290 g/mol. The Hall–Kier alpha value is -1.00. The highest BCUT2D eigenvalue weighted by Crippen LogP contribution is 2.63. The highest BCUT2D eigenvalue weighted by Gasteiger charge is 2.53. The van der Waals surface area contributed by atoms with Crippen LogP contribution >= 0.6 is 11.6 Å². The van der Waals surface area contributed by atoms with Crippen LogP contribution in [0.2, 0.25) is 5.02 Å². The number of hydrogen-bond donors (Lipinski definition) is 0. The molecule has 0 bridgehead atoms. The van der Waals surface area contributed by atoms with E-state index in [0.29, 0.717) is 16.9 Å². The molecule has 0 saturated heterocycles. The van der Waals surface area contributed by atoms with Crippen LogP contribution in [-0.4, -0.2) is 0 Å². The van der Waals surface area contributed by atoms with Crippen LogP contribution in [-0.2, 0) is 6.42 Å². The highest BCUT2D eigenvalue weighted by atomic mass is 35.5. The second-order valence-corrected chi connectivity index (χ2v) is 8.42. The van der Waals surface area contributed by atoms with Gasteiger partial charge in [0.25, 0.3) is 0 Å². The number of rotatable bonds is 0. The largest absolute Gasteiger partial charge is 0.192 e. The quantitative estimate of drug-likeness (QED) is 0.602. The molecular formula is C20H24ClN. The van der Waals surface area contributed by atoms with Gasteiger partial charge >= 0.3 is 0 Å². The third kappa shape index (κ3) is 1.83. The number of nitrogens with zero attached hydrogens (tertiary/aromatic N) is 1. The molecule has 0 radical (unpaired) electrons. The first kappa shape index (κ1) is 14.6. The van der Waals surface area contributed by atoms with Gasteiger partial charge in [-0.15, -0.1) is 0 Å². The van der Waals surface area contributed by atoms with Crippen molar-refractivity contribution in [3.05, 3.63) is 33.8 Å². The van der Waals surface area contributed by atoms with Gasteiger partial charge in [0.1, 0.15) is 6.07 Å². The fourth-order valence-electron chi connectivity index (χ4n) is 5.97. The molecule has 2 fully saturated rings. The lowest BCUT2D eigenvalue weighted by molar-refractivity contribution is 0.0337. The summed E-state index contributed by atoms with van der Waals surface area (Å²) < 4.78 is 0. The first-order chi connectivity index (χ1) is 10.6. The first-order valence-corrected chi connectivity index (χ1v) is 9.15. The van der Waals surface area contributed by atoms with Gasteiger partial charge in [0.15, 0.2) is 0 Å². The van der Waals surface area contributed by atoms with Crippen molar-refractivity contribution in [3.63, 3.8) is 0 Å². The summed E-state index contributed by atoms with van der Waals surface area (Å²) in [6.07, 6.45) is 7.81. The van der Waals surface area contributed by atoms with Crippen LogP contribution in [0.5, 0.6) is 0 Å². The number of nitriles is 1. The summed E-state index contributed by atoms with van der Waals surface area (Å²) in [5.41, 5.74) is 3.95. The van der Waals surface area contributed by atoms with Crippen LogP contribution in [0.3, 0.4) is 0 Å². The molecule has 1 nitrogen and oxygen atoms in total. The van der Waals surface area contributed by atoms with Crippen molar-refractivity contribution in [2.75, 3.05) is 0 Å². The van der Waals surface area contributed by atoms with Crippen LogP contribution in [0.25, 0.3) is 0 Å². The molecule has 3 aliphatic rings. The molecule has 2 saturated carbocycles. The average Bonchev–Trinajstić information content (AvgIpc) is 2.83. The number of halogens is 1. The predicted octanol–water partition coefficient (Wildman–Crippen LogP) is 5.70. The zero-order valence-corrected chi connectivity index (χ0v) is 14.3. The molecule has 0 spiro atoms. The summed E-state index contributed by atoms with van der Waals surface area (Å²) >= 11 is 6.50. The van der Waals surface area contributed by atoms with E-state index in [-0.39, 0.29) is 0 Å². The summed E-state index contributed by atoms with van der Waals surface area (Å²) in [5, 5.41) is 9.93. The monoisotopic (exact) mass is 313 g/mol. The third-order valence-electron chi connectivity index (χ3n) is 7.44. The van der Waals surface area contributed by atoms with E-state index in [1.807, 2.05) is 6.07 Å². The van der Waals surface area contributed by atoms with E-state index in [1.54, 1.807) is 0 Å². The molecule has 4 rings (SSSR count). The van der Waals surface area contributed by atoms with Crippen molar-refractivity contribution in [2.24, 2.45) is 23.2 Å². The van der Waals surface area contributed by atoms with Crippen LogP contribution in [0, 0.1) is 34.5 Å². The Morgan fingerprint density at radius 3 is 2.82 bits per heavy atom. The van der Waals surface area contributed by atoms with Gasteiger partial charge in [-0.25, -0.2) is 0 Å². The minimum atomic E-state index is 0.565. The molecule has 0 aromatic heterocycles. The zero-order valence-electron chi connectivity index (χ0n) is 13.5. The SMILES string of the molecule is C[C@H]1CCC2C3CCc4c(ccc(C#N)c4Cl)C3CC[C@@]21C. The van der Waals surface area contributed by atoms with Crippen molar-refractivity contribution in [1.82, 2.24) is 0 Å². The van der Waals surface area contributed by atoms with E-state index >= 15 is 0 Å². The number of hydrogen-bond acceptors (Lipinski definition) is 1. The lowest BCUT2D eigenvalue weighted by Gasteiger charge is -2.50. The molecule has 1 aromatic carbocycles. The van der Waals surface area contributed by atoms with Gasteiger partial charge < -0.3 is 0 Å². The molecule has 1 aromatic rings. The highest BCUT2D eigenvalue weighted by molar-refractivity contribution is 6.32. The topological polar surface area (TPSA) is 23.8 Å². The normalized spacial score (nSPS) is 39.5. The fraction of sp³-hybridized carbons (Fsp3) is 0.650. The minimum Gasteiger partial charge on any atom is -0.192 e. The maximum Gasteiger partial charge on any atom is 0.101 e. The van der Waals surface area contributed by atoms with Crippen molar-refractivity contribution in [3.8, 4) is 6.07 Å². The van der Waals surface area contributed by atoms with Crippen molar-refractivity contribution in [2.45, 2.75) is 58.3 Å². The maximum atomic E-state index is 9.20. The van der Waals surface area contributed by atoms with Crippen LogP contribution in [0.4, 0.5) is 0 Å². The smallest absolute Gasteiger partial charge is 0.101 e. The van der Waals surface area contributed by atoms with Gasteiger partial charge in [0.05, 0.1) is 10.6 Å². The van der Waals surface area contributed by atoms with Crippen LogP contribution in [0.15, 0.2) is 12.1 Å². The van der Waals surface area contributed by atoms with Crippen LogP contribution < -0.4 is 0 Å². The van der Waals surface area contributed by atoms with Gasteiger partial charge in [-0.1, -0.05) is 31.5 Å². The fourth-order valence-corrected chi connectivity index (χ4v) is 6.28. The van der Waals surface area contributed by atoms with E-state index in [0.717, 1.165) is 29.2 Å². The lowest BCUT2D eigenvalue weighted by atomic mass is 9.54. The van der Waals surface area contributed by atoms with Crippen molar-refractivity contribution in [1.29, 1.82) is 5.26 Å². The molecule has 0 N–H and O–H groups in total. The first-order valence-electron chi connectivity index (χ1n) is 8.77. The zero-order chi connectivity index (χ0) is 15.5. The van der Waals surface area contributed by atoms with Crippen molar-refractivity contribution >= 4 is 11.6 Å². The van der Waals surface area contributed by atoms with Crippen molar-refractivity contribution < 1.29 is 0 Å². The Kier molecular flexibility index (Phi) is 3.31. The van der Waals surface area contributed by atoms with Gasteiger partial charge in [-0.3, -0.25) is 0 Å². The van der Waals surface area contributed by atoms with Gasteiger partial charge in [0.2, 0.25) is 0 Å². The van der Waals surface area contributed by atoms with Gasteiger partial charge in [-0.2, -0.15) is 5.26 Å². The van der Waals surface area contributed by atoms with E-state index < -0.39 is 0 Å².